The van der Waals surface area contributed by atoms with E-state index in [1.54, 1.807) is 49.1 Å². The molecule has 0 atom stereocenters. The second kappa shape index (κ2) is 53.3. The summed E-state index contributed by atoms with van der Waals surface area (Å²) in [6, 6.07) is 139. The fourth-order valence-corrected chi connectivity index (χ4v) is 22.9. The number of nitro groups is 2. The van der Waals surface area contributed by atoms with Crippen LogP contribution in [-0.4, -0.2) is 124 Å². The second-order valence-corrected chi connectivity index (χ2v) is 42.6. The molecule has 0 amide bonds. The molecule has 1 aliphatic rings. The van der Waals surface area contributed by atoms with Gasteiger partial charge in [0.05, 0.1) is 27.2 Å². The van der Waals surface area contributed by atoms with Gasteiger partial charge in [0.2, 0.25) is 0 Å². The number of H-pyrrole nitrogens is 1. The Kier molecular flexibility index (Phi) is 41.4. The molecule has 2 aromatic heterocycles. The Morgan fingerprint density at radius 3 is 0.910 bits per heavy atom. The number of carbonyl (C=O) groups excluding carboxylic acids is 1. The maximum atomic E-state index is 11.9. The van der Waals surface area contributed by atoms with Gasteiger partial charge in [-0.2, -0.15) is 14.9 Å². The number of aromatic amines is 1. The van der Waals surface area contributed by atoms with Crippen LogP contribution in [-0.2, 0) is 34.5 Å². The topological polar surface area (TPSA) is 202 Å². The predicted molar refractivity (Wildman–Crippen MR) is 560 cm³/mol. The van der Waals surface area contributed by atoms with Crippen molar-refractivity contribution in [1.29, 1.82) is 0 Å². The maximum absolute atomic E-state index is 11.9. The average Bonchev–Trinajstić information content (AvgIpc) is 1.62. The van der Waals surface area contributed by atoms with Crippen molar-refractivity contribution in [2.24, 2.45) is 0 Å². The largest absolute Gasteiger partial charge is 0.498 e. The first-order valence-electron chi connectivity index (χ1n) is 43.5. The summed E-state index contributed by atoms with van der Waals surface area (Å²) in [6.45, 7) is 15.5. The van der Waals surface area contributed by atoms with E-state index in [1.165, 1.54) is 75.8 Å². The van der Waals surface area contributed by atoms with Crippen LogP contribution in [0.4, 0.5) is 16.2 Å². The Hall–Kier alpha value is -11.9. The zero-order chi connectivity index (χ0) is 94.4. The summed E-state index contributed by atoms with van der Waals surface area (Å²) in [6.07, 6.45) is 6.00. The second-order valence-electron chi connectivity index (χ2n) is 32.8. The number of rotatable bonds is 24. The molecule has 688 valence electrons. The Balaban J connectivity index is 0.000000162. The molecule has 3 heterocycles. The number of nitrogens with one attached hydrogen (secondary N) is 1. The van der Waals surface area contributed by atoms with Crippen LogP contribution < -0.4 is 78.6 Å². The van der Waals surface area contributed by atoms with Gasteiger partial charge in [-0.15, -0.1) is 0 Å². The molecule has 134 heavy (non-hydrogen) atoms. The minimum Gasteiger partial charge on any atom is -0.485 e. The van der Waals surface area contributed by atoms with Gasteiger partial charge in [0.15, 0.2) is 11.5 Å². The molecule has 0 unspecified atom stereocenters. The number of nitro benzene ring substituents is 2. The minimum atomic E-state index is -0.562. The van der Waals surface area contributed by atoms with Gasteiger partial charge < -0.3 is 33.3 Å². The van der Waals surface area contributed by atoms with E-state index in [-0.39, 0.29) is 37.5 Å². The van der Waals surface area contributed by atoms with Gasteiger partial charge in [-0.25, -0.2) is 4.79 Å². The predicted octanol–water partition coefficient (Wildman–Crippen LogP) is 20.0. The molecule has 0 bridgehead atoms. The molecule has 0 radical (unpaired) electrons. The van der Waals surface area contributed by atoms with Crippen LogP contribution in [0.3, 0.4) is 0 Å². The van der Waals surface area contributed by atoms with Gasteiger partial charge in [0.1, 0.15) is 18.8 Å². The molecule has 1 N–H and O–H groups in total. The Labute approximate surface area is 815 Å². The number of aromatic nitrogens is 4. The third-order valence-electron chi connectivity index (χ3n) is 20.6. The normalized spacial score (nSPS) is 12.1. The number of hydrogen-bond acceptors (Lipinski definition) is 14. The summed E-state index contributed by atoms with van der Waals surface area (Å²) in [4.78, 5) is 36.7. The summed E-state index contributed by atoms with van der Waals surface area (Å²) in [7, 11) is 5.34. The van der Waals surface area contributed by atoms with Gasteiger partial charge in [-0.05, 0) is 196 Å². The first kappa shape index (κ1) is 104. The van der Waals surface area contributed by atoms with Crippen LogP contribution >= 0.6 is 47.6 Å². The number of ether oxygens (including phenoxy) is 3. The molecule has 1 aliphatic heterocycles. The number of nitrogens with zero attached hydrogens (tertiary/aromatic N) is 7. The number of benzene rings is 14. The molecule has 0 aliphatic carbocycles. The third kappa shape index (κ3) is 32.2. The Bertz CT molecular complexity index is 5250. The first-order chi connectivity index (χ1) is 64.3. The number of hydrogen-bond donors (Lipinski definition) is 1. The average molecular weight is 2020 g/mol. The van der Waals surface area contributed by atoms with E-state index < -0.39 is 71.5 Å². The SMILES string of the molecule is CC(C)(C)OC(=O)n1cc(B2OC(C)(C)C(C)(C)O2)cn1.CN(C)CCOc1cc(-c2cn[nH]c2)ccc1[N+](=O)[O-].CN(C)CCOc1cc(Br)ccc1[N+](=O)[O-].[Pd].c1ccc(P(c2ccccc2)c2ccccc2)cc1.c1ccc(P(c2ccccc2)c2ccccc2)cc1.c1ccc(P(c2ccccc2)c2ccccc2)cc1.c1ccc(P(c2ccccc2)c2ccccc2)cc1. The van der Waals surface area contributed by atoms with Crippen molar-refractivity contribution in [3.8, 4) is 22.6 Å². The van der Waals surface area contributed by atoms with E-state index in [2.05, 4.69) is 395 Å². The van der Waals surface area contributed by atoms with Crippen LogP contribution in [0.5, 0.6) is 11.5 Å². The monoisotopic (exact) mass is 2010 g/mol. The summed E-state index contributed by atoms with van der Waals surface area (Å²) in [5.74, 6) is 0.566. The molecule has 0 spiro atoms. The molecule has 25 heteroatoms. The molecule has 1 saturated heterocycles. The van der Waals surface area contributed by atoms with E-state index >= 15 is 0 Å². The number of likely N-dealkylation sites (N-methyl/N-ethyl adjacent to an activating group) is 2. The zero-order valence-electron chi connectivity index (χ0n) is 77.0. The summed E-state index contributed by atoms with van der Waals surface area (Å²) < 4.78 is 29.9. The van der Waals surface area contributed by atoms with Crippen molar-refractivity contribution in [2.45, 2.75) is 65.3 Å². The number of halogens is 1. The van der Waals surface area contributed by atoms with Crippen LogP contribution in [0.1, 0.15) is 48.5 Å². The molecule has 0 saturated carbocycles. The third-order valence-corrected chi connectivity index (χ3v) is 30.8. The summed E-state index contributed by atoms with van der Waals surface area (Å²) in [5.41, 5.74) is 0.921. The molecular weight excluding hydrogens is 1900 g/mol. The van der Waals surface area contributed by atoms with Crippen molar-refractivity contribution < 1.29 is 58.6 Å². The van der Waals surface area contributed by atoms with E-state index in [0.717, 1.165) is 20.3 Å². The van der Waals surface area contributed by atoms with Crippen molar-refractivity contribution in [2.75, 3.05) is 54.5 Å². The fourth-order valence-electron chi connectivity index (χ4n) is 13.4. The van der Waals surface area contributed by atoms with Gasteiger partial charge in [0.25, 0.3) is 0 Å². The van der Waals surface area contributed by atoms with Crippen LogP contribution in [0.15, 0.2) is 430 Å². The quantitative estimate of drug-likeness (QED) is 0.0259. The standard InChI is InChI=1S/4C18H15P.C14H23BN2O4.C13H16N4O3.C10H13BrN2O3.Pd/c4*1-4-10-16(11-5-1)19(17-12-6-2-7-13-17)18-14-8-3-9-15-18;1-12(2,3)19-11(18)17-9-10(8-16-17)15-20-13(4,5)14(6,7)21-15;1-16(2)5-6-20-13-7-10(11-8-14-15-9-11)3-4-12(13)17(18)19;1-12(2)5-6-16-10-7-8(11)3-4-9(10)13(14)15;/h4*1-15H;8-9H,1-7H3;3-4,7-9H,5-6H2,1-2H3,(H,14,15);3-4,7H,5-6H2,1-2H3;. The van der Waals surface area contributed by atoms with Crippen LogP contribution in [0.25, 0.3) is 11.1 Å². The van der Waals surface area contributed by atoms with Crippen LogP contribution in [0.2, 0.25) is 0 Å². The van der Waals surface area contributed by atoms with E-state index in [0.29, 0.717) is 37.5 Å². The minimum absolute atomic E-state index is 0. The van der Waals surface area contributed by atoms with Crippen LogP contribution in [0, 0.1) is 20.2 Å². The molecule has 1 fully saturated rings. The fraction of sp³-hybridized carbons (Fsp3) is 0.165. The van der Waals surface area contributed by atoms with Gasteiger partial charge >= 0.3 is 24.6 Å². The van der Waals surface area contributed by atoms with E-state index in [9.17, 15) is 25.0 Å². The molecule has 16 aromatic rings. The van der Waals surface area contributed by atoms with Gasteiger partial charge in [-0.3, -0.25) is 25.3 Å². The number of carbonyl (C=O) groups is 1. The van der Waals surface area contributed by atoms with Crippen molar-refractivity contribution in [3.63, 3.8) is 0 Å². The summed E-state index contributed by atoms with van der Waals surface area (Å²) in [5, 5.41) is 49.1. The van der Waals surface area contributed by atoms with Gasteiger partial charge in [-0.1, -0.05) is 380 Å². The Morgan fingerprint density at radius 2 is 0.672 bits per heavy atom. The zero-order valence-corrected chi connectivity index (χ0v) is 83.7. The Morgan fingerprint density at radius 1 is 0.410 bits per heavy atom. The van der Waals surface area contributed by atoms with E-state index in [4.69, 9.17) is 23.5 Å². The van der Waals surface area contributed by atoms with Crippen molar-refractivity contribution >= 4 is 141 Å². The van der Waals surface area contributed by atoms with Crippen molar-refractivity contribution in [3.05, 3.63) is 450 Å². The summed E-state index contributed by atoms with van der Waals surface area (Å²) >= 11 is 3.25. The first-order valence-corrected chi connectivity index (χ1v) is 49.7. The maximum Gasteiger partial charge on any atom is 0.498 e. The molecule has 14 aromatic carbocycles. The molecular formula is C109H112BBrN8O10P4Pd. The smallest absolute Gasteiger partial charge is 0.485 e. The molecule has 17 rings (SSSR count). The molecule has 18 nitrogen and oxygen atoms in total. The van der Waals surface area contributed by atoms with Crippen molar-refractivity contribution in [1.82, 2.24) is 29.8 Å². The van der Waals surface area contributed by atoms with E-state index in [1.807, 2.05) is 86.5 Å². The van der Waals surface area contributed by atoms with Gasteiger partial charge in [0, 0.05) is 85.8 Å².